The normalized spacial score (nSPS) is 30.7. The summed E-state index contributed by atoms with van der Waals surface area (Å²) in [5.41, 5.74) is -1.72. The van der Waals surface area contributed by atoms with Crippen molar-refractivity contribution in [3.05, 3.63) is 0 Å². The predicted octanol–water partition coefficient (Wildman–Crippen LogP) is 4.40. The molecule has 8 heteroatoms. The van der Waals surface area contributed by atoms with Gasteiger partial charge in [-0.15, -0.1) is 0 Å². The summed E-state index contributed by atoms with van der Waals surface area (Å²) in [4.78, 5) is 1.79. The lowest BCUT2D eigenvalue weighted by Crippen LogP contribution is -2.55. The minimum Gasteiger partial charge on any atom is -0.369 e. The van der Waals surface area contributed by atoms with E-state index in [1.54, 1.807) is 18.7 Å². The number of piperidine rings is 1. The molecule has 136 valence electrons. The van der Waals surface area contributed by atoms with Crippen LogP contribution in [0.25, 0.3) is 0 Å². The van der Waals surface area contributed by atoms with Gasteiger partial charge in [0.05, 0.1) is 5.41 Å². The van der Waals surface area contributed by atoms with Crippen molar-refractivity contribution in [3.8, 4) is 0 Å². The standard InChI is InChI=1S/C15H23F6NO/c1-10(2)13(15(19,20)21)4-6-22(7-5-13)11-3-8-23-12(9-11)14(16,17)18/h10-12H,3-9H2,1-2H3. The van der Waals surface area contributed by atoms with Gasteiger partial charge in [0, 0.05) is 12.6 Å². The van der Waals surface area contributed by atoms with Gasteiger partial charge in [-0.2, -0.15) is 26.3 Å². The van der Waals surface area contributed by atoms with Gasteiger partial charge in [-0.25, -0.2) is 0 Å². The van der Waals surface area contributed by atoms with E-state index in [2.05, 4.69) is 0 Å². The van der Waals surface area contributed by atoms with E-state index in [0.29, 0.717) is 6.42 Å². The van der Waals surface area contributed by atoms with Crippen LogP contribution in [0.1, 0.15) is 39.5 Å². The average molecular weight is 347 g/mol. The van der Waals surface area contributed by atoms with Gasteiger partial charge in [-0.05, 0) is 44.7 Å². The van der Waals surface area contributed by atoms with Crippen LogP contribution in [0.4, 0.5) is 26.3 Å². The number of hydrogen-bond donors (Lipinski definition) is 0. The Labute approximate surface area is 132 Å². The highest BCUT2D eigenvalue weighted by Gasteiger charge is 2.57. The molecule has 2 atom stereocenters. The molecule has 2 unspecified atom stereocenters. The Kier molecular flexibility index (Phi) is 5.26. The molecule has 2 aliphatic heterocycles. The molecule has 0 amide bonds. The Hall–Kier alpha value is -0.500. The molecule has 0 aromatic rings. The molecule has 2 aliphatic rings. The fourth-order valence-electron chi connectivity index (χ4n) is 3.82. The number of halogens is 6. The lowest BCUT2D eigenvalue weighted by Gasteiger charge is -2.48. The maximum absolute atomic E-state index is 13.4. The Morgan fingerprint density at radius 3 is 2.04 bits per heavy atom. The number of nitrogens with zero attached hydrogens (tertiary/aromatic N) is 1. The Morgan fingerprint density at radius 1 is 1.04 bits per heavy atom. The summed E-state index contributed by atoms with van der Waals surface area (Å²) in [5.74, 6) is -0.540. The third kappa shape index (κ3) is 3.78. The molecular weight excluding hydrogens is 324 g/mol. The maximum Gasteiger partial charge on any atom is 0.414 e. The monoisotopic (exact) mass is 347 g/mol. The number of rotatable bonds is 2. The summed E-state index contributed by atoms with van der Waals surface area (Å²) in [6, 6.07) is -0.353. The van der Waals surface area contributed by atoms with Crippen molar-refractivity contribution in [3.63, 3.8) is 0 Å². The summed E-state index contributed by atoms with van der Waals surface area (Å²) in [6.45, 7) is 3.51. The van der Waals surface area contributed by atoms with Crippen LogP contribution in [-0.4, -0.2) is 49.1 Å². The fourth-order valence-corrected chi connectivity index (χ4v) is 3.82. The maximum atomic E-state index is 13.4. The molecule has 0 N–H and O–H groups in total. The third-order valence-corrected chi connectivity index (χ3v) is 5.50. The fraction of sp³-hybridized carbons (Fsp3) is 1.00. The van der Waals surface area contributed by atoms with E-state index in [-0.39, 0.29) is 45.0 Å². The second kappa shape index (κ2) is 6.43. The zero-order chi connectivity index (χ0) is 17.5. The molecule has 2 nitrogen and oxygen atoms in total. The van der Waals surface area contributed by atoms with Crippen LogP contribution in [0.5, 0.6) is 0 Å². The van der Waals surface area contributed by atoms with Crippen molar-refractivity contribution in [2.45, 2.75) is 64.0 Å². The first kappa shape index (κ1) is 18.8. The lowest BCUT2D eigenvalue weighted by molar-refractivity contribution is -0.259. The second-order valence-electron chi connectivity index (χ2n) is 6.92. The zero-order valence-electron chi connectivity index (χ0n) is 13.3. The molecule has 0 bridgehead atoms. The van der Waals surface area contributed by atoms with Gasteiger partial charge in [0.1, 0.15) is 0 Å². The van der Waals surface area contributed by atoms with E-state index in [1.165, 1.54) is 0 Å². The van der Waals surface area contributed by atoms with Gasteiger partial charge in [0.25, 0.3) is 0 Å². The van der Waals surface area contributed by atoms with Crippen molar-refractivity contribution in [1.82, 2.24) is 4.90 Å². The van der Waals surface area contributed by atoms with E-state index < -0.39 is 29.8 Å². The van der Waals surface area contributed by atoms with Gasteiger partial charge in [0.2, 0.25) is 0 Å². The topological polar surface area (TPSA) is 12.5 Å². The average Bonchev–Trinajstić information content (AvgIpc) is 2.45. The molecule has 0 aromatic heterocycles. The quantitative estimate of drug-likeness (QED) is 0.687. The molecule has 2 heterocycles. The molecule has 0 saturated carbocycles. The van der Waals surface area contributed by atoms with E-state index in [9.17, 15) is 26.3 Å². The highest BCUT2D eigenvalue weighted by molar-refractivity contribution is 4.96. The number of hydrogen-bond acceptors (Lipinski definition) is 2. The number of ether oxygens (including phenoxy) is 1. The van der Waals surface area contributed by atoms with Crippen LogP contribution in [0.3, 0.4) is 0 Å². The zero-order valence-corrected chi connectivity index (χ0v) is 13.3. The Balaban J connectivity index is 2.01. The van der Waals surface area contributed by atoms with E-state index >= 15 is 0 Å². The first-order chi connectivity index (χ1) is 10.5. The van der Waals surface area contributed by atoms with Crippen LogP contribution in [0.2, 0.25) is 0 Å². The summed E-state index contributed by atoms with van der Waals surface area (Å²) in [6.07, 6.45) is -10.4. The van der Waals surface area contributed by atoms with Crippen LogP contribution in [0, 0.1) is 11.3 Å². The van der Waals surface area contributed by atoms with Gasteiger partial charge in [0.15, 0.2) is 6.10 Å². The molecule has 2 rings (SSSR count). The molecule has 2 fully saturated rings. The van der Waals surface area contributed by atoms with Crippen molar-refractivity contribution >= 4 is 0 Å². The first-order valence-electron chi connectivity index (χ1n) is 7.96. The lowest BCUT2D eigenvalue weighted by atomic mass is 9.69. The van der Waals surface area contributed by atoms with Gasteiger partial charge in [-0.1, -0.05) is 13.8 Å². The largest absolute Gasteiger partial charge is 0.414 e. The molecule has 23 heavy (non-hydrogen) atoms. The highest BCUT2D eigenvalue weighted by Crippen LogP contribution is 2.51. The number of alkyl halides is 6. The third-order valence-electron chi connectivity index (χ3n) is 5.50. The minimum atomic E-state index is -4.41. The van der Waals surface area contributed by atoms with Gasteiger partial charge >= 0.3 is 12.4 Å². The molecule has 2 saturated heterocycles. The molecular formula is C15H23F6NO. The Morgan fingerprint density at radius 2 is 1.61 bits per heavy atom. The molecule has 0 aromatic carbocycles. The van der Waals surface area contributed by atoms with Crippen LogP contribution < -0.4 is 0 Å². The smallest absolute Gasteiger partial charge is 0.369 e. The summed E-state index contributed by atoms with van der Waals surface area (Å²) in [7, 11) is 0. The van der Waals surface area contributed by atoms with Crippen molar-refractivity contribution in [2.75, 3.05) is 19.7 Å². The highest BCUT2D eigenvalue weighted by atomic mass is 19.4. The van der Waals surface area contributed by atoms with Gasteiger partial charge in [-0.3, -0.25) is 0 Å². The van der Waals surface area contributed by atoms with Gasteiger partial charge < -0.3 is 9.64 Å². The first-order valence-corrected chi connectivity index (χ1v) is 7.96. The molecule has 0 radical (unpaired) electrons. The van der Waals surface area contributed by atoms with E-state index in [1.807, 2.05) is 0 Å². The SMILES string of the molecule is CC(C)C1(C(F)(F)F)CCN(C2CCOC(C(F)(F)F)C2)CC1. The summed E-state index contributed by atoms with van der Waals surface area (Å²) in [5, 5.41) is 0. The van der Waals surface area contributed by atoms with Crippen molar-refractivity contribution in [1.29, 1.82) is 0 Å². The van der Waals surface area contributed by atoms with E-state index in [4.69, 9.17) is 4.74 Å². The van der Waals surface area contributed by atoms with Crippen LogP contribution in [-0.2, 0) is 4.74 Å². The number of likely N-dealkylation sites (tertiary alicyclic amines) is 1. The molecule has 0 aliphatic carbocycles. The minimum absolute atomic E-state index is 0.0000619. The summed E-state index contributed by atoms with van der Waals surface area (Å²) >= 11 is 0. The summed E-state index contributed by atoms with van der Waals surface area (Å²) < 4.78 is 83.4. The van der Waals surface area contributed by atoms with Crippen LogP contribution in [0.15, 0.2) is 0 Å². The second-order valence-corrected chi connectivity index (χ2v) is 6.92. The van der Waals surface area contributed by atoms with Crippen molar-refractivity contribution in [2.24, 2.45) is 11.3 Å². The van der Waals surface area contributed by atoms with E-state index in [0.717, 1.165) is 0 Å². The predicted molar refractivity (Wildman–Crippen MR) is 73.0 cm³/mol. The van der Waals surface area contributed by atoms with Crippen LogP contribution >= 0.6 is 0 Å². The molecule has 0 spiro atoms. The van der Waals surface area contributed by atoms with Crippen molar-refractivity contribution < 1.29 is 31.1 Å². The Bertz CT molecular complexity index is 398.